The molecule has 0 amide bonds. The minimum absolute atomic E-state index is 0.0759. The zero-order chi connectivity index (χ0) is 12.1. The maximum absolute atomic E-state index is 11.4. The first-order valence-corrected chi connectivity index (χ1v) is 5.56. The second kappa shape index (κ2) is 5.55. The minimum atomic E-state index is -0.915. The molecule has 0 radical (unpaired) electrons. The summed E-state index contributed by atoms with van der Waals surface area (Å²) in [5.41, 5.74) is 1.37. The topological polar surface area (TPSA) is 63.6 Å². The highest BCUT2D eigenvalue weighted by molar-refractivity contribution is 8.00. The van der Waals surface area contributed by atoms with Crippen LogP contribution in [-0.2, 0) is 9.53 Å². The highest BCUT2D eigenvalue weighted by Crippen LogP contribution is 2.24. The molecule has 1 aromatic carbocycles. The molecule has 0 aliphatic heterocycles. The monoisotopic (exact) mass is 240 g/mol. The van der Waals surface area contributed by atoms with E-state index in [9.17, 15) is 9.59 Å². The van der Waals surface area contributed by atoms with E-state index >= 15 is 0 Å². The lowest BCUT2D eigenvalue weighted by molar-refractivity contribution is -0.133. The van der Waals surface area contributed by atoms with Crippen LogP contribution in [0.5, 0.6) is 0 Å². The quantitative estimate of drug-likeness (QED) is 0.643. The van der Waals surface area contributed by atoms with Crippen molar-refractivity contribution in [2.45, 2.75) is 11.8 Å². The highest BCUT2D eigenvalue weighted by atomic mass is 32.2. The van der Waals surface area contributed by atoms with Gasteiger partial charge in [0.15, 0.2) is 0 Å². The molecule has 1 rings (SSSR count). The predicted molar refractivity (Wildman–Crippen MR) is 60.9 cm³/mol. The number of rotatable bonds is 4. The minimum Gasteiger partial charge on any atom is -0.481 e. The number of carboxylic acid groups (broad SMARTS) is 1. The van der Waals surface area contributed by atoms with E-state index in [0.29, 0.717) is 10.5 Å². The number of benzene rings is 1. The lowest BCUT2D eigenvalue weighted by Crippen LogP contribution is -2.05. The van der Waals surface area contributed by atoms with Gasteiger partial charge in [-0.3, -0.25) is 4.79 Å². The first-order chi connectivity index (χ1) is 7.54. The largest absolute Gasteiger partial charge is 0.481 e. The van der Waals surface area contributed by atoms with Gasteiger partial charge >= 0.3 is 11.9 Å². The molecule has 86 valence electrons. The van der Waals surface area contributed by atoms with Crippen molar-refractivity contribution < 1.29 is 19.4 Å². The molecule has 0 spiro atoms. The van der Waals surface area contributed by atoms with Gasteiger partial charge in [0.1, 0.15) is 0 Å². The van der Waals surface area contributed by atoms with E-state index in [-0.39, 0.29) is 5.75 Å². The molecule has 1 N–H and O–H groups in total. The van der Waals surface area contributed by atoms with Crippen LogP contribution in [-0.4, -0.2) is 29.9 Å². The molecule has 0 aliphatic rings. The zero-order valence-electron chi connectivity index (χ0n) is 9.02. The van der Waals surface area contributed by atoms with Crippen LogP contribution in [0.15, 0.2) is 23.1 Å². The molecule has 16 heavy (non-hydrogen) atoms. The molecule has 0 bridgehead atoms. The van der Waals surface area contributed by atoms with Crippen molar-refractivity contribution in [3.05, 3.63) is 29.3 Å². The first-order valence-electron chi connectivity index (χ1n) is 4.58. The number of hydrogen-bond acceptors (Lipinski definition) is 4. The Kier molecular flexibility index (Phi) is 4.37. The summed E-state index contributed by atoms with van der Waals surface area (Å²) < 4.78 is 4.62. The summed E-state index contributed by atoms with van der Waals surface area (Å²) in [6, 6.07) is 5.21. The number of aryl methyl sites for hydroxylation is 1. The third kappa shape index (κ3) is 3.27. The molecular weight excluding hydrogens is 228 g/mol. The molecule has 0 aliphatic carbocycles. The number of ether oxygens (including phenoxy) is 1. The van der Waals surface area contributed by atoms with Crippen LogP contribution in [0.1, 0.15) is 15.9 Å². The number of hydrogen-bond donors (Lipinski definition) is 1. The summed E-state index contributed by atoms with van der Waals surface area (Å²) in [7, 11) is 1.30. The maximum Gasteiger partial charge on any atom is 0.338 e. The van der Waals surface area contributed by atoms with Gasteiger partial charge in [0, 0.05) is 4.90 Å². The van der Waals surface area contributed by atoms with Crippen LogP contribution < -0.4 is 0 Å². The van der Waals surface area contributed by atoms with E-state index in [4.69, 9.17) is 5.11 Å². The lowest BCUT2D eigenvalue weighted by Gasteiger charge is -2.07. The van der Waals surface area contributed by atoms with Gasteiger partial charge in [-0.1, -0.05) is 6.07 Å². The molecule has 0 atom stereocenters. The summed E-state index contributed by atoms with van der Waals surface area (Å²) in [4.78, 5) is 22.5. The van der Waals surface area contributed by atoms with E-state index < -0.39 is 11.9 Å². The molecule has 0 saturated carbocycles. The van der Waals surface area contributed by atoms with Crippen LogP contribution in [0.3, 0.4) is 0 Å². The number of methoxy groups -OCH3 is 1. The third-order valence-electron chi connectivity index (χ3n) is 1.89. The van der Waals surface area contributed by atoms with Crippen molar-refractivity contribution >= 4 is 23.7 Å². The standard InChI is InChI=1S/C11H12O4S/c1-7-3-4-8(11(14)15-2)9(5-7)16-6-10(12)13/h3-5H,6H2,1-2H3,(H,12,13). The SMILES string of the molecule is COC(=O)c1ccc(C)cc1SCC(=O)O. The maximum atomic E-state index is 11.4. The van der Waals surface area contributed by atoms with Crippen LogP contribution in [0.25, 0.3) is 0 Å². The number of thioether (sulfide) groups is 1. The summed E-state index contributed by atoms with van der Waals surface area (Å²) >= 11 is 1.11. The molecule has 0 fully saturated rings. The molecule has 5 heteroatoms. The fraction of sp³-hybridized carbons (Fsp3) is 0.273. The van der Waals surface area contributed by atoms with Gasteiger partial charge < -0.3 is 9.84 Å². The molecule has 0 aromatic heterocycles. The van der Waals surface area contributed by atoms with Crippen molar-refractivity contribution in [1.29, 1.82) is 0 Å². The molecule has 0 saturated heterocycles. The summed E-state index contributed by atoms with van der Waals surface area (Å²) in [6.45, 7) is 1.88. The van der Waals surface area contributed by atoms with Gasteiger partial charge in [-0.2, -0.15) is 0 Å². The van der Waals surface area contributed by atoms with Crippen LogP contribution in [0, 0.1) is 6.92 Å². The number of esters is 1. The Morgan fingerprint density at radius 1 is 1.44 bits per heavy atom. The van der Waals surface area contributed by atoms with Gasteiger partial charge in [-0.15, -0.1) is 11.8 Å². The molecule has 0 heterocycles. The van der Waals surface area contributed by atoms with Crippen LogP contribution in [0.4, 0.5) is 0 Å². The van der Waals surface area contributed by atoms with Crippen molar-refractivity contribution in [3.63, 3.8) is 0 Å². The average molecular weight is 240 g/mol. The van der Waals surface area contributed by atoms with Crippen molar-refractivity contribution in [1.82, 2.24) is 0 Å². The summed E-state index contributed by atoms with van der Waals surface area (Å²) in [5, 5.41) is 8.59. The number of carbonyl (C=O) groups is 2. The van der Waals surface area contributed by atoms with E-state index in [1.165, 1.54) is 7.11 Å². The predicted octanol–water partition coefficient (Wildman–Crippen LogP) is 1.96. The van der Waals surface area contributed by atoms with E-state index in [1.54, 1.807) is 18.2 Å². The first kappa shape index (κ1) is 12.6. The van der Waals surface area contributed by atoms with Gasteiger partial charge in [0.05, 0.1) is 18.4 Å². The van der Waals surface area contributed by atoms with Gasteiger partial charge in [-0.05, 0) is 24.6 Å². The fourth-order valence-corrected chi connectivity index (χ4v) is 2.02. The highest BCUT2D eigenvalue weighted by Gasteiger charge is 2.13. The van der Waals surface area contributed by atoms with Crippen LogP contribution in [0.2, 0.25) is 0 Å². The average Bonchev–Trinajstić information content (AvgIpc) is 2.25. The van der Waals surface area contributed by atoms with Crippen molar-refractivity contribution in [2.75, 3.05) is 12.9 Å². The Bertz CT molecular complexity index is 414. The molecule has 4 nitrogen and oxygen atoms in total. The number of carbonyl (C=O) groups excluding carboxylic acids is 1. The van der Waals surface area contributed by atoms with Gasteiger partial charge in [-0.25, -0.2) is 4.79 Å². The van der Waals surface area contributed by atoms with Gasteiger partial charge in [0.2, 0.25) is 0 Å². The fourth-order valence-electron chi connectivity index (χ4n) is 1.17. The summed E-state index contributed by atoms with van der Waals surface area (Å²) in [6.07, 6.45) is 0. The smallest absolute Gasteiger partial charge is 0.338 e. The van der Waals surface area contributed by atoms with E-state index in [2.05, 4.69) is 4.74 Å². The molecule has 1 aromatic rings. The van der Waals surface area contributed by atoms with Crippen molar-refractivity contribution in [2.24, 2.45) is 0 Å². The van der Waals surface area contributed by atoms with E-state index in [1.807, 2.05) is 6.92 Å². The Balaban J connectivity index is 2.98. The normalized spacial score (nSPS) is 9.88. The second-order valence-electron chi connectivity index (χ2n) is 3.17. The number of carboxylic acids is 1. The zero-order valence-corrected chi connectivity index (χ0v) is 9.84. The Morgan fingerprint density at radius 2 is 2.12 bits per heavy atom. The van der Waals surface area contributed by atoms with E-state index in [0.717, 1.165) is 17.3 Å². The number of aliphatic carboxylic acids is 1. The lowest BCUT2D eigenvalue weighted by atomic mass is 10.1. The Hall–Kier alpha value is -1.49. The van der Waals surface area contributed by atoms with Crippen LogP contribution >= 0.6 is 11.8 Å². The Labute approximate surface area is 97.6 Å². The third-order valence-corrected chi connectivity index (χ3v) is 2.93. The van der Waals surface area contributed by atoms with Crippen molar-refractivity contribution in [3.8, 4) is 0 Å². The van der Waals surface area contributed by atoms with Gasteiger partial charge in [0.25, 0.3) is 0 Å². The molecular formula is C11H12O4S. The Morgan fingerprint density at radius 3 is 2.69 bits per heavy atom. The second-order valence-corrected chi connectivity index (χ2v) is 4.19. The summed E-state index contributed by atoms with van der Waals surface area (Å²) in [5.74, 6) is -1.44. The molecule has 0 unspecified atom stereocenters.